The van der Waals surface area contributed by atoms with Crippen molar-refractivity contribution in [2.75, 3.05) is 71.4 Å². The van der Waals surface area contributed by atoms with E-state index in [-0.39, 0.29) is 55.4 Å². The average molecular weight is 903 g/mol. The highest BCUT2D eigenvalue weighted by Gasteiger charge is 2.37. The van der Waals surface area contributed by atoms with Crippen LogP contribution in [0.2, 0.25) is 0 Å². The fourth-order valence-corrected chi connectivity index (χ4v) is 8.51. The van der Waals surface area contributed by atoms with Crippen LogP contribution in [-0.4, -0.2) is 148 Å². The second kappa shape index (κ2) is 19.5. The molecule has 2 N–H and O–H groups in total. The van der Waals surface area contributed by atoms with Crippen LogP contribution < -0.4 is 5.32 Å². The van der Waals surface area contributed by atoms with Gasteiger partial charge in [0.1, 0.15) is 12.4 Å². The Morgan fingerprint density at radius 1 is 0.877 bits per heavy atom. The van der Waals surface area contributed by atoms with Gasteiger partial charge in [-0.3, -0.25) is 12.7 Å². The van der Waals surface area contributed by atoms with Crippen LogP contribution in [-0.2, 0) is 41.4 Å². The number of ether oxygens (including phenoxy) is 3. The van der Waals surface area contributed by atoms with Crippen molar-refractivity contribution in [2.45, 2.75) is 89.5 Å². The quantitative estimate of drug-likeness (QED) is 0.188. The van der Waals surface area contributed by atoms with Crippen LogP contribution >= 0.6 is 22.9 Å². The lowest BCUT2D eigenvalue weighted by Crippen LogP contribution is -2.53. The SMILES string of the molecule is Cc1cc(C[C@@H](OC(=O)N2CCC(N3CCc4ccccc4NC3=O)CC2)C(=O)N2CCC(N3CCC(OCC(=O)OCC(=O)N(C)I)CC3)CC2)cc(C)c1O. The van der Waals surface area contributed by atoms with E-state index in [9.17, 15) is 29.1 Å². The summed E-state index contributed by atoms with van der Waals surface area (Å²) in [6.07, 6.45) is 3.60. The number of hydrogen-bond acceptors (Lipinski definition) is 10. The molecule has 4 heterocycles. The average Bonchev–Trinajstić information content (AvgIpc) is 3.38. The molecule has 3 saturated heterocycles. The van der Waals surface area contributed by atoms with Crippen molar-refractivity contribution in [1.82, 2.24) is 22.7 Å². The highest BCUT2D eigenvalue weighted by atomic mass is 127. The first-order chi connectivity index (χ1) is 27.4. The molecule has 4 aliphatic rings. The first-order valence-corrected chi connectivity index (χ1v) is 20.9. The number of piperidine rings is 3. The molecule has 2 aromatic carbocycles. The Hall–Kier alpha value is -4.16. The third-order valence-corrected chi connectivity index (χ3v) is 12.2. The van der Waals surface area contributed by atoms with Gasteiger partial charge < -0.3 is 44.2 Å². The number of phenolic OH excluding ortho intramolecular Hbond substituents is 1. The van der Waals surface area contributed by atoms with Crippen molar-refractivity contribution in [3.8, 4) is 5.75 Å². The first kappa shape index (κ1) is 42.4. The van der Waals surface area contributed by atoms with E-state index in [1.807, 2.05) is 78.0 Å². The zero-order valence-corrected chi connectivity index (χ0v) is 35.3. The molecular formula is C41H55IN6O9. The van der Waals surface area contributed by atoms with Gasteiger partial charge in [-0.05, 0) is 87.1 Å². The smallest absolute Gasteiger partial charge is 0.410 e. The van der Waals surface area contributed by atoms with Crippen LogP contribution in [0.4, 0.5) is 15.3 Å². The van der Waals surface area contributed by atoms with Gasteiger partial charge in [0, 0.05) is 77.1 Å². The largest absolute Gasteiger partial charge is 0.507 e. The maximum absolute atomic E-state index is 14.2. The molecule has 57 heavy (non-hydrogen) atoms. The zero-order valence-electron chi connectivity index (χ0n) is 33.1. The molecule has 0 spiro atoms. The maximum Gasteiger partial charge on any atom is 0.410 e. The van der Waals surface area contributed by atoms with Gasteiger partial charge in [0.25, 0.3) is 11.8 Å². The second-order valence-electron chi connectivity index (χ2n) is 15.5. The molecule has 0 unspecified atom stereocenters. The van der Waals surface area contributed by atoms with Crippen LogP contribution in [0.25, 0.3) is 0 Å². The summed E-state index contributed by atoms with van der Waals surface area (Å²) in [6, 6.07) is 11.7. The van der Waals surface area contributed by atoms with Crippen molar-refractivity contribution in [1.29, 1.82) is 0 Å². The Morgan fingerprint density at radius 2 is 1.51 bits per heavy atom. The lowest BCUT2D eigenvalue weighted by molar-refractivity contribution is -0.156. The molecule has 0 aromatic heterocycles. The molecule has 16 heteroatoms. The third-order valence-electron chi connectivity index (χ3n) is 11.7. The van der Waals surface area contributed by atoms with Crippen LogP contribution in [0.15, 0.2) is 36.4 Å². The molecule has 310 valence electrons. The number of aryl methyl sites for hydroxylation is 2. The summed E-state index contributed by atoms with van der Waals surface area (Å²) < 4.78 is 18.2. The van der Waals surface area contributed by atoms with Crippen molar-refractivity contribution >= 4 is 58.5 Å². The predicted octanol–water partition coefficient (Wildman–Crippen LogP) is 4.43. The number of likely N-dealkylation sites (N-methyl/N-ethyl adjacent to an activating group) is 1. The normalized spacial score (nSPS) is 19.3. The number of rotatable bonds is 11. The number of esters is 1. The number of carbonyl (C=O) groups excluding carboxylic acids is 5. The highest BCUT2D eigenvalue weighted by molar-refractivity contribution is 14.1. The van der Waals surface area contributed by atoms with Crippen LogP contribution in [0.1, 0.15) is 60.8 Å². The first-order valence-electron chi connectivity index (χ1n) is 20.0. The van der Waals surface area contributed by atoms with Gasteiger partial charge >= 0.3 is 18.1 Å². The molecule has 0 bridgehead atoms. The van der Waals surface area contributed by atoms with Crippen LogP contribution in [0.5, 0.6) is 5.75 Å². The second-order valence-corrected chi connectivity index (χ2v) is 17.0. The number of nitrogens with one attached hydrogen (secondary N) is 1. The molecule has 0 saturated carbocycles. The number of anilines is 1. The summed E-state index contributed by atoms with van der Waals surface area (Å²) in [5.41, 5.74) is 4.13. The molecule has 4 aliphatic heterocycles. The molecule has 0 radical (unpaired) electrons. The number of hydrogen-bond donors (Lipinski definition) is 2. The number of halogens is 1. The Labute approximate surface area is 348 Å². The van der Waals surface area contributed by atoms with Crippen molar-refractivity contribution in [3.63, 3.8) is 0 Å². The maximum atomic E-state index is 14.2. The molecular weight excluding hydrogens is 847 g/mol. The molecule has 3 fully saturated rings. The van der Waals surface area contributed by atoms with E-state index in [4.69, 9.17) is 14.2 Å². The van der Waals surface area contributed by atoms with Crippen molar-refractivity contribution in [2.24, 2.45) is 0 Å². The van der Waals surface area contributed by atoms with Gasteiger partial charge in [-0.1, -0.05) is 30.3 Å². The van der Waals surface area contributed by atoms with Gasteiger partial charge in [-0.15, -0.1) is 0 Å². The lowest BCUT2D eigenvalue weighted by Gasteiger charge is -2.42. The number of nitrogens with zero attached hydrogens (tertiary/aromatic N) is 5. The van der Waals surface area contributed by atoms with E-state index in [2.05, 4.69) is 10.2 Å². The number of carbonyl (C=O) groups is 5. The Bertz CT molecular complexity index is 1750. The van der Waals surface area contributed by atoms with E-state index in [1.54, 1.807) is 16.8 Å². The number of phenols is 1. The Kier molecular flexibility index (Phi) is 14.5. The number of amides is 5. The van der Waals surface area contributed by atoms with Crippen LogP contribution in [0.3, 0.4) is 0 Å². The van der Waals surface area contributed by atoms with E-state index in [1.165, 1.54) is 3.11 Å². The molecule has 6 rings (SSSR count). The Balaban J connectivity index is 1.00. The summed E-state index contributed by atoms with van der Waals surface area (Å²) in [5, 5.41) is 13.4. The third kappa shape index (κ3) is 11.1. The molecule has 0 aliphatic carbocycles. The summed E-state index contributed by atoms with van der Waals surface area (Å²) in [4.78, 5) is 72.5. The zero-order chi connectivity index (χ0) is 40.6. The van der Waals surface area contributed by atoms with Crippen LogP contribution in [0, 0.1) is 13.8 Å². The van der Waals surface area contributed by atoms with E-state index in [0.29, 0.717) is 62.7 Å². The molecule has 2 aromatic rings. The van der Waals surface area contributed by atoms with Gasteiger partial charge in [-0.2, -0.15) is 0 Å². The van der Waals surface area contributed by atoms with E-state index >= 15 is 0 Å². The number of aromatic hydroxyl groups is 1. The van der Waals surface area contributed by atoms with Crippen molar-refractivity contribution < 1.29 is 43.3 Å². The molecule has 15 nitrogen and oxygen atoms in total. The predicted molar refractivity (Wildman–Crippen MR) is 220 cm³/mol. The topological polar surface area (TPSA) is 162 Å². The number of para-hydroxylation sites is 1. The molecule has 5 amide bonds. The number of urea groups is 1. The minimum absolute atomic E-state index is 0.0157. The summed E-state index contributed by atoms with van der Waals surface area (Å²) in [5.74, 6) is -0.886. The number of fused-ring (bicyclic) bond motifs is 1. The highest BCUT2D eigenvalue weighted by Crippen LogP contribution is 2.28. The van der Waals surface area contributed by atoms with Gasteiger partial charge in [0.15, 0.2) is 12.7 Å². The van der Waals surface area contributed by atoms with Crippen molar-refractivity contribution in [3.05, 3.63) is 58.7 Å². The minimum Gasteiger partial charge on any atom is -0.507 e. The number of benzene rings is 2. The fourth-order valence-electron chi connectivity index (χ4n) is 8.37. The minimum atomic E-state index is -1.04. The van der Waals surface area contributed by atoms with E-state index < -0.39 is 18.2 Å². The number of likely N-dealkylation sites (tertiary alicyclic amines) is 3. The fraction of sp³-hybridized carbons (Fsp3) is 0.585. The summed E-state index contributed by atoms with van der Waals surface area (Å²) in [6.45, 7) is 7.23. The molecule has 1 atom stereocenters. The monoisotopic (exact) mass is 902 g/mol. The summed E-state index contributed by atoms with van der Waals surface area (Å²) in [7, 11) is 1.59. The lowest BCUT2D eigenvalue weighted by atomic mass is 9.97. The van der Waals surface area contributed by atoms with E-state index in [0.717, 1.165) is 62.0 Å². The van der Waals surface area contributed by atoms with Gasteiger partial charge in [0.05, 0.1) is 29.0 Å². The van der Waals surface area contributed by atoms with Gasteiger partial charge in [0.2, 0.25) is 0 Å². The van der Waals surface area contributed by atoms with Gasteiger partial charge in [-0.25, -0.2) is 14.4 Å². The summed E-state index contributed by atoms with van der Waals surface area (Å²) >= 11 is 1.83. The standard InChI is InChI=1S/C41H55IN6O9/c1-27-22-29(23-28(2)38(27)51)24-35(57-41(54)47-17-11-32(12-18-47)48-21-8-30-6-4-5-7-34(30)43-40(48)53)39(52)46-15-9-31(10-16-46)45-19-13-33(14-20-45)55-26-37(50)56-25-36(49)44(3)42/h4-7,22-23,31-33,35,51H,8-21,24-26H2,1-3H3,(H,43,53)/t35-/m1/s1. The Morgan fingerprint density at radius 3 is 2.18 bits per heavy atom.